The normalized spacial score (nSPS) is 12.8. The highest BCUT2D eigenvalue weighted by atomic mass is 15.1. The average molecular weight is 238 g/mol. The monoisotopic (exact) mass is 238 g/mol. The first-order valence-corrected chi connectivity index (χ1v) is 5.84. The van der Waals surface area contributed by atoms with Crippen molar-refractivity contribution in [3.05, 3.63) is 60.2 Å². The first-order chi connectivity index (χ1) is 8.77. The summed E-state index contributed by atoms with van der Waals surface area (Å²) in [5.41, 5.74) is 9.35. The third-order valence-electron chi connectivity index (χ3n) is 3.17. The predicted octanol–water partition coefficient (Wildman–Crippen LogP) is 2.02. The minimum absolute atomic E-state index is 0.231. The van der Waals surface area contributed by atoms with E-state index >= 15 is 0 Å². The molecule has 1 aromatic carbocycles. The summed E-state index contributed by atoms with van der Waals surface area (Å²) in [6, 6.07) is 11.6. The smallest absolute Gasteiger partial charge is 0.131 e. The van der Waals surface area contributed by atoms with Crippen LogP contribution in [0.1, 0.15) is 17.4 Å². The molecule has 0 amide bonds. The van der Waals surface area contributed by atoms with Crippen LogP contribution in [-0.2, 0) is 7.05 Å². The lowest BCUT2D eigenvalue weighted by atomic mass is 10.1. The SMILES string of the molecule is Cn1c(C(N)c2ccncc2)nc2ccccc21. The number of fused-ring (bicyclic) bond motifs is 1. The van der Waals surface area contributed by atoms with Gasteiger partial charge in [0.1, 0.15) is 5.82 Å². The largest absolute Gasteiger partial charge is 0.330 e. The third-order valence-corrected chi connectivity index (χ3v) is 3.17. The molecule has 3 aromatic rings. The fraction of sp³-hybridized carbons (Fsp3) is 0.143. The molecule has 0 saturated carbocycles. The van der Waals surface area contributed by atoms with Crippen LogP contribution in [-0.4, -0.2) is 14.5 Å². The molecule has 4 nitrogen and oxygen atoms in total. The Balaban J connectivity index is 2.12. The maximum absolute atomic E-state index is 6.27. The number of para-hydroxylation sites is 2. The third kappa shape index (κ3) is 1.67. The van der Waals surface area contributed by atoms with Gasteiger partial charge in [0.25, 0.3) is 0 Å². The molecule has 2 aromatic heterocycles. The topological polar surface area (TPSA) is 56.7 Å². The predicted molar refractivity (Wildman–Crippen MR) is 71.0 cm³/mol. The van der Waals surface area contributed by atoms with Gasteiger partial charge in [-0.25, -0.2) is 4.98 Å². The van der Waals surface area contributed by atoms with Gasteiger partial charge >= 0.3 is 0 Å². The molecule has 1 atom stereocenters. The number of imidazole rings is 1. The van der Waals surface area contributed by atoms with E-state index in [2.05, 4.69) is 9.97 Å². The molecular weight excluding hydrogens is 224 g/mol. The fourth-order valence-electron chi connectivity index (χ4n) is 2.16. The van der Waals surface area contributed by atoms with E-state index in [1.165, 1.54) is 0 Å². The summed E-state index contributed by atoms with van der Waals surface area (Å²) >= 11 is 0. The molecule has 0 radical (unpaired) electrons. The number of nitrogens with two attached hydrogens (primary N) is 1. The van der Waals surface area contributed by atoms with Crippen LogP contribution < -0.4 is 5.73 Å². The van der Waals surface area contributed by atoms with E-state index < -0.39 is 0 Å². The Hall–Kier alpha value is -2.20. The summed E-state index contributed by atoms with van der Waals surface area (Å²) in [6.07, 6.45) is 3.50. The Morgan fingerprint density at radius 1 is 1.11 bits per heavy atom. The summed E-state index contributed by atoms with van der Waals surface area (Å²) in [4.78, 5) is 8.61. The molecule has 0 aliphatic rings. The Morgan fingerprint density at radius 3 is 2.56 bits per heavy atom. The van der Waals surface area contributed by atoms with Crippen LogP contribution in [0.3, 0.4) is 0 Å². The zero-order chi connectivity index (χ0) is 12.5. The van der Waals surface area contributed by atoms with Crippen molar-refractivity contribution < 1.29 is 0 Å². The molecule has 0 aliphatic heterocycles. The van der Waals surface area contributed by atoms with E-state index in [-0.39, 0.29) is 6.04 Å². The molecule has 0 saturated heterocycles. The van der Waals surface area contributed by atoms with Crippen molar-refractivity contribution in [3.63, 3.8) is 0 Å². The lowest BCUT2D eigenvalue weighted by Crippen LogP contribution is -2.16. The van der Waals surface area contributed by atoms with Gasteiger partial charge in [0.2, 0.25) is 0 Å². The van der Waals surface area contributed by atoms with Crippen molar-refractivity contribution in [2.24, 2.45) is 12.8 Å². The maximum atomic E-state index is 6.27. The summed E-state index contributed by atoms with van der Waals surface area (Å²) in [6.45, 7) is 0. The Bertz CT molecular complexity index is 673. The molecule has 4 heteroatoms. The Labute approximate surface area is 105 Å². The van der Waals surface area contributed by atoms with Crippen molar-refractivity contribution in [2.75, 3.05) is 0 Å². The van der Waals surface area contributed by atoms with Crippen LogP contribution in [0.15, 0.2) is 48.8 Å². The van der Waals surface area contributed by atoms with Gasteiger partial charge in [0, 0.05) is 19.4 Å². The van der Waals surface area contributed by atoms with Crippen LogP contribution in [0.2, 0.25) is 0 Å². The number of pyridine rings is 1. The van der Waals surface area contributed by atoms with E-state index in [0.29, 0.717) is 0 Å². The van der Waals surface area contributed by atoms with E-state index in [0.717, 1.165) is 22.4 Å². The quantitative estimate of drug-likeness (QED) is 0.743. The van der Waals surface area contributed by atoms with Gasteiger partial charge < -0.3 is 10.3 Å². The van der Waals surface area contributed by atoms with Crippen LogP contribution in [0.4, 0.5) is 0 Å². The maximum Gasteiger partial charge on any atom is 0.131 e. The molecule has 2 heterocycles. The van der Waals surface area contributed by atoms with Gasteiger partial charge in [-0.05, 0) is 29.8 Å². The van der Waals surface area contributed by atoms with Gasteiger partial charge in [0.15, 0.2) is 0 Å². The number of hydrogen-bond donors (Lipinski definition) is 1. The standard InChI is InChI=1S/C14H14N4/c1-18-12-5-3-2-4-11(12)17-14(18)13(15)10-6-8-16-9-7-10/h2-9,13H,15H2,1H3. The minimum atomic E-state index is -0.231. The fourth-order valence-corrected chi connectivity index (χ4v) is 2.16. The van der Waals surface area contributed by atoms with Crippen molar-refractivity contribution in [1.29, 1.82) is 0 Å². The van der Waals surface area contributed by atoms with Crippen LogP contribution in [0, 0.1) is 0 Å². The second kappa shape index (κ2) is 4.23. The molecule has 3 rings (SSSR count). The molecule has 0 spiro atoms. The summed E-state index contributed by atoms with van der Waals surface area (Å²) < 4.78 is 2.04. The Morgan fingerprint density at radius 2 is 1.83 bits per heavy atom. The molecule has 1 unspecified atom stereocenters. The minimum Gasteiger partial charge on any atom is -0.330 e. The van der Waals surface area contributed by atoms with Crippen LogP contribution in [0.5, 0.6) is 0 Å². The van der Waals surface area contributed by atoms with Crippen molar-refractivity contribution in [1.82, 2.24) is 14.5 Å². The average Bonchev–Trinajstić information content (AvgIpc) is 2.77. The summed E-state index contributed by atoms with van der Waals surface area (Å²) in [5, 5.41) is 0. The molecule has 0 fully saturated rings. The summed E-state index contributed by atoms with van der Waals surface area (Å²) in [7, 11) is 1.99. The zero-order valence-electron chi connectivity index (χ0n) is 10.1. The van der Waals surface area contributed by atoms with E-state index in [1.807, 2.05) is 48.0 Å². The van der Waals surface area contributed by atoms with Gasteiger partial charge in [-0.3, -0.25) is 4.98 Å². The first-order valence-electron chi connectivity index (χ1n) is 5.84. The number of benzene rings is 1. The van der Waals surface area contributed by atoms with E-state index in [9.17, 15) is 0 Å². The number of rotatable bonds is 2. The van der Waals surface area contributed by atoms with E-state index in [1.54, 1.807) is 12.4 Å². The number of nitrogens with zero attached hydrogens (tertiary/aromatic N) is 3. The Kier molecular flexibility index (Phi) is 2.57. The van der Waals surface area contributed by atoms with Crippen LogP contribution in [0.25, 0.3) is 11.0 Å². The zero-order valence-corrected chi connectivity index (χ0v) is 10.1. The molecule has 2 N–H and O–H groups in total. The second-order valence-electron chi connectivity index (χ2n) is 4.28. The highest BCUT2D eigenvalue weighted by Gasteiger charge is 2.16. The number of aromatic nitrogens is 3. The number of hydrogen-bond acceptors (Lipinski definition) is 3. The van der Waals surface area contributed by atoms with Crippen molar-refractivity contribution in [3.8, 4) is 0 Å². The van der Waals surface area contributed by atoms with Gasteiger partial charge in [-0.2, -0.15) is 0 Å². The van der Waals surface area contributed by atoms with Crippen molar-refractivity contribution in [2.45, 2.75) is 6.04 Å². The highest BCUT2D eigenvalue weighted by molar-refractivity contribution is 5.76. The molecule has 0 bridgehead atoms. The molecule has 18 heavy (non-hydrogen) atoms. The van der Waals surface area contributed by atoms with Gasteiger partial charge in [-0.15, -0.1) is 0 Å². The lowest BCUT2D eigenvalue weighted by Gasteiger charge is -2.11. The van der Waals surface area contributed by atoms with Crippen LogP contribution >= 0.6 is 0 Å². The van der Waals surface area contributed by atoms with Gasteiger partial charge in [-0.1, -0.05) is 12.1 Å². The molecule has 0 aliphatic carbocycles. The second-order valence-corrected chi connectivity index (χ2v) is 4.28. The first kappa shape index (κ1) is 10.9. The van der Waals surface area contributed by atoms with E-state index in [4.69, 9.17) is 5.73 Å². The highest BCUT2D eigenvalue weighted by Crippen LogP contribution is 2.22. The molecular formula is C14H14N4. The summed E-state index contributed by atoms with van der Waals surface area (Å²) in [5.74, 6) is 0.863. The van der Waals surface area contributed by atoms with Crippen molar-refractivity contribution >= 4 is 11.0 Å². The number of aryl methyl sites for hydroxylation is 1. The van der Waals surface area contributed by atoms with Gasteiger partial charge in [0.05, 0.1) is 17.1 Å². The lowest BCUT2D eigenvalue weighted by molar-refractivity contribution is 0.727. The molecule has 90 valence electrons.